The summed E-state index contributed by atoms with van der Waals surface area (Å²) in [5.74, 6) is -0.0227. The van der Waals surface area contributed by atoms with Gasteiger partial charge in [0, 0.05) is 11.3 Å². The van der Waals surface area contributed by atoms with Crippen LogP contribution in [0.4, 0.5) is 5.95 Å². The Morgan fingerprint density at radius 1 is 1.05 bits per heavy atom. The summed E-state index contributed by atoms with van der Waals surface area (Å²) >= 11 is 0. The van der Waals surface area contributed by atoms with Crippen LogP contribution in [0.3, 0.4) is 0 Å². The molecule has 0 unspecified atom stereocenters. The number of amides is 1. The SMILES string of the molecule is Cc1cc(C)n(-c2nnc(NC(=O)c3ccccc3)nn2)n1. The second kappa shape index (κ2) is 5.68. The standard InChI is InChI=1S/C14H13N7O/c1-9-8-10(2)21(20-9)14-18-16-13(17-19-14)15-12(22)11-6-4-3-5-7-11/h3-8H,1-2H3,(H,15,16,17,22). The Kier molecular flexibility index (Phi) is 3.57. The minimum absolute atomic E-state index is 0.0409. The van der Waals surface area contributed by atoms with Gasteiger partial charge in [0.2, 0.25) is 0 Å². The maximum Gasteiger partial charge on any atom is 0.289 e. The van der Waals surface area contributed by atoms with E-state index in [0.29, 0.717) is 5.56 Å². The Balaban J connectivity index is 1.77. The summed E-state index contributed by atoms with van der Waals surface area (Å²) in [7, 11) is 0. The van der Waals surface area contributed by atoms with Gasteiger partial charge in [-0.1, -0.05) is 18.2 Å². The monoisotopic (exact) mass is 295 g/mol. The number of hydrogen-bond donors (Lipinski definition) is 1. The molecule has 3 aromatic rings. The molecule has 0 saturated carbocycles. The third-order valence-electron chi connectivity index (χ3n) is 2.93. The van der Waals surface area contributed by atoms with Gasteiger partial charge >= 0.3 is 0 Å². The van der Waals surface area contributed by atoms with Gasteiger partial charge in [-0.25, -0.2) is 4.68 Å². The molecule has 0 aliphatic carbocycles. The Bertz CT molecular complexity index is 796. The maximum atomic E-state index is 12.0. The number of aryl methyl sites for hydroxylation is 2. The van der Waals surface area contributed by atoms with Crippen LogP contribution in [0.5, 0.6) is 0 Å². The highest BCUT2D eigenvalue weighted by atomic mass is 16.1. The predicted molar refractivity (Wildman–Crippen MR) is 78.6 cm³/mol. The summed E-state index contributed by atoms with van der Waals surface area (Å²) < 4.78 is 1.54. The van der Waals surface area contributed by atoms with Crippen molar-refractivity contribution in [3.05, 3.63) is 53.3 Å². The first kappa shape index (κ1) is 13.8. The van der Waals surface area contributed by atoms with Crippen LogP contribution < -0.4 is 5.32 Å². The molecule has 0 atom stereocenters. The van der Waals surface area contributed by atoms with Crippen molar-refractivity contribution in [1.82, 2.24) is 30.2 Å². The molecule has 110 valence electrons. The molecule has 2 heterocycles. The number of carbonyl (C=O) groups excluding carboxylic acids is 1. The summed E-state index contributed by atoms with van der Waals surface area (Å²) in [5.41, 5.74) is 2.23. The number of nitrogens with one attached hydrogen (secondary N) is 1. The van der Waals surface area contributed by atoms with E-state index in [9.17, 15) is 4.79 Å². The zero-order valence-electron chi connectivity index (χ0n) is 12.1. The highest BCUT2D eigenvalue weighted by Gasteiger charge is 2.11. The van der Waals surface area contributed by atoms with E-state index in [1.807, 2.05) is 26.0 Å². The van der Waals surface area contributed by atoms with Crippen molar-refractivity contribution in [2.24, 2.45) is 0 Å². The molecule has 3 rings (SSSR count). The van der Waals surface area contributed by atoms with Gasteiger partial charge in [0.1, 0.15) is 0 Å². The van der Waals surface area contributed by atoms with E-state index in [4.69, 9.17) is 0 Å². The van der Waals surface area contributed by atoms with Crippen LogP contribution in [0.25, 0.3) is 5.95 Å². The minimum Gasteiger partial charge on any atom is -0.288 e. The van der Waals surface area contributed by atoms with E-state index >= 15 is 0 Å². The molecule has 22 heavy (non-hydrogen) atoms. The maximum absolute atomic E-state index is 12.0. The van der Waals surface area contributed by atoms with Crippen LogP contribution >= 0.6 is 0 Å². The molecule has 8 heteroatoms. The number of carbonyl (C=O) groups is 1. The van der Waals surface area contributed by atoms with Crippen molar-refractivity contribution >= 4 is 11.9 Å². The molecular formula is C14H13N7O. The number of aromatic nitrogens is 6. The van der Waals surface area contributed by atoms with Crippen molar-refractivity contribution in [2.45, 2.75) is 13.8 Å². The normalized spacial score (nSPS) is 10.5. The first-order valence-corrected chi connectivity index (χ1v) is 6.61. The van der Waals surface area contributed by atoms with Gasteiger partial charge in [-0.15, -0.1) is 20.4 Å². The smallest absolute Gasteiger partial charge is 0.288 e. The third kappa shape index (κ3) is 2.80. The van der Waals surface area contributed by atoms with Gasteiger partial charge < -0.3 is 0 Å². The lowest BCUT2D eigenvalue weighted by Crippen LogP contribution is -2.16. The average Bonchev–Trinajstić information content (AvgIpc) is 2.87. The predicted octanol–water partition coefficient (Wildman–Crippen LogP) is 1.32. The number of rotatable bonds is 3. The van der Waals surface area contributed by atoms with Gasteiger partial charge in [0.25, 0.3) is 17.8 Å². The third-order valence-corrected chi connectivity index (χ3v) is 2.93. The number of benzene rings is 1. The Morgan fingerprint density at radius 2 is 1.73 bits per heavy atom. The molecule has 2 aromatic heterocycles. The zero-order chi connectivity index (χ0) is 15.5. The summed E-state index contributed by atoms with van der Waals surface area (Å²) in [6, 6.07) is 10.7. The second-order valence-electron chi connectivity index (χ2n) is 4.68. The molecule has 1 aromatic carbocycles. The van der Waals surface area contributed by atoms with E-state index in [1.54, 1.807) is 24.3 Å². The van der Waals surface area contributed by atoms with E-state index in [-0.39, 0.29) is 17.8 Å². The van der Waals surface area contributed by atoms with Crippen LogP contribution in [0.1, 0.15) is 21.7 Å². The molecule has 1 N–H and O–H groups in total. The molecule has 0 saturated heterocycles. The number of anilines is 1. The first-order chi connectivity index (χ1) is 10.6. The molecular weight excluding hydrogens is 282 g/mol. The number of hydrogen-bond acceptors (Lipinski definition) is 6. The quantitative estimate of drug-likeness (QED) is 0.782. The first-order valence-electron chi connectivity index (χ1n) is 6.61. The Morgan fingerprint density at radius 3 is 2.32 bits per heavy atom. The van der Waals surface area contributed by atoms with Crippen LogP contribution in [0, 0.1) is 13.8 Å². The molecule has 0 radical (unpaired) electrons. The molecule has 0 fully saturated rings. The van der Waals surface area contributed by atoms with Crippen LogP contribution in [0.15, 0.2) is 36.4 Å². The lowest BCUT2D eigenvalue weighted by molar-refractivity contribution is 0.102. The van der Waals surface area contributed by atoms with Gasteiger partial charge in [-0.2, -0.15) is 5.10 Å². The average molecular weight is 295 g/mol. The molecule has 1 amide bonds. The Labute approximate surface area is 126 Å². The fourth-order valence-corrected chi connectivity index (χ4v) is 1.95. The lowest BCUT2D eigenvalue weighted by Gasteiger charge is -2.03. The van der Waals surface area contributed by atoms with Crippen molar-refractivity contribution in [1.29, 1.82) is 0 Å². The van der Waals surface area contributed by atoms with Crippen molar-refractivity contribution in [3.63, 3.8) is 0 Å². The second-order valence-corrected chi connectivity index (χ2v) is 4.68. The summed E-state index contributed by atoms with van der Waals surface area (Å²) in [6.07, 6.45) is 0. The van der Waals surface area contributed by atoms with Crippen LogP contribution in [0.2, 0.25) is 0 Å². The van der Waals surface area contributed by atoms with Gasteiger partial charge in [-0.05, 0) is 32.0 Å². The topological polar surface area (TPSA) is 98.5 Å². The fraction of sp³-hybridized carbons (Fsp3) is 0.143. The van der Waals surface area contributed by atoms with Crippen LogP contribution in [-0.4, -0.2) is 36.1 Å². The van der Waals surface area contributed by atoms with E-state index in [2.05, 4.69) is 30.8 Å². The molecule has 0 aliphatic heterocycles. The minimum atomic E-state index is -0.317. The van der Waals surface area contributed by atoms with E-state index in [1.165, 1.54) is 4.68 Å². The zero-order valence-corrected chi connectivity index (χ0v) is 12.1. The van der Waals surface area contributed by atoms with Gasteiger partial charge in [0.05, 0.1) is 5.69 Å². The van der Waals surface area contributed by atoms with Crippen LogP contribution in [-0.2, 0) is 0 Å². The summed E-state index contributed by atoms with van der Waals surface area (Å²) in [5, 5.41) is 22.4. The van der Waals surface area contributed by atoms with Gasteiger partial charge in [-0.3, -0.25) is 10.1 Å². The fourth-order valence-electron chi connectivity index (χ4n) is 1.95. The largest absolute Gasteiger partial charge is 0.289 e. The highest BCUT2D eigenvalue weighted by Crippen LogP contribution is 2.07. The molecule has 0 bridgehead atoms. The van der Waals surface area contributed by atoms with E-state index < -0.39 is 0 Å². The lowest BCUT2D eigenvalue weighted by atomic mass is 10.2. The molecule has 0 spiro atoms. The van der Waals surface area contributed by atoms with E-state index in [0.717, 1.165) is 11.4 Å². The summed E-state index contributed by atoms with van der Waals surface area (Å²) in [4.78, 5) is 12.0. The van der Waals surface area contributed by atoms with Crippen molar-refractivity contribution in [2.75, 3.05) is 5.32 Å². The number of nitrogens with zero attached hydrogens (tertiary/aromatic N) is 6. The molecule has 0 aliphatic rings. The summed E-state index contributed by atoms with van der Waals surface area (Å²) in [6.45, 7) is 3.76. The Hall–Kier alpha value is -3.16. The molecule has 8 nitrogen and oxygen atoms in total. The van der Waals surface area contributed by atoms with Gasteiger partial charge in [0.15, 0.2) is 0 Å². The van der Waals surface area contributed by atoms with Crippen molar-refractivity contribution in [3.8, 4) is 5.95 Å². The highest BCUT2D eigenvalue weighted by molar-refractivity contribution is 6.03. The van der Waals surface area contributed by atoms with Crippen molar-refractivity contribution < 1.29 is 4.79 Å².